The molecule has 0 saturated carbocycles. The molecule has 1 aliphatic carbocycles. The molecule has 0 fully saturated rings. The highest BCUT2D eigenvalue weighted by molar-refractivity contribution is 6.07. The van der Waals surface area contributed by atoms with Crippen LogP contribution in [0.4, 0.5) is 0 Å². The summed E-state index contributed by atoms with van der Waals surface area (Å²) in [6.07, 6.45) is 4.72. The van der Waals surface area contributed by atoms with Crippen molar-refractivity contribution in [1.29, 1.82) is 0 Å². The van der Waals surface area contributed by atoms with E-state index in [2.05, 4.69) is 4.98 Å². The van der Waals surface area contributed by atoms with E-state index in [-0.39, 0.29) is 12.3 Å². The van der Waals surface area contributed by atoms with Gasteiger partial charge in [0.05, 0.1) is 28.9 Å². The largest absolute Gasteiger partial charge is 0.462 e. The molecule has 172 valence electrons. The molecule has 7 heteroatoms. The first-order chi connectivity index (χ1) is 15.9. The van der Waals surface area contributed by atoms with Crippen LogP contribution in [0.5, 0.6) is 0 Å². The number of rotatable bonds is 6. The van der Waals surface area contributed by atoms with Gasteiger partial charge in [0.2, 0.25) is 5.78 Å². The number of benzene rings is 1. The third-order valence-corrected chi connectivity index (χ3v) is 6.15. The monoisotopic (exact) mass is 448 g/mol. The fraction of sp³-hybridized carbons (Fsp3) is 0.385. The molecule has 0 amide bonds. The summed E-state index contributed by atoms with van der Waals surface area (Å²) >= 11 is 0. The quantitative estimate of drug-likeness (QED) is 0.334. The van der Waals surface area contributed by atoms with Crippen molar-refractivity contribution in [3.05, 3.63) is 63.6 Å². The molecule has 4 rings (SSSR count). The third kappa shape index (κ3) is 4.40. The Hall–Kier alpha value is -3.48. The Morgan fingerprint density at radius 3 is 2.48 bits per heavy atom. The molecule has 0 spiro atoms. The molecule has 0 unspecified atom stereocenters. The summed E-state index contributed by atoms with van der Waals surface area (Å²) in [7, 11) is 0. The molecule has 7 nitrogen and oxygen atoms in total. The topological polar surface area (TPSA) is 98.4 Å². The van der Waals surface area contributed by atoms with Crippen molar-refractivity contribution in [3.8, 4) is 0 Å². The van der Waals surface area contributed by atoms with Crippen LogP contribution in [0, 0.1) is 13.8 Å². The van der Waals surface area contributed by atoms with Gasteiger partial charge in [-0.3, -0.25) is 9.78 Å². The SMILES string of the molecule is CCOC(=O)c1c(C)[nH]c(C(=O)COC(=O)c2c3c(nc4ccccc24)CCCCC3)c1C. The molecule has 33 heavy (non-hydrogen) atoms. The van der Waals surface area contributed by atoms with E-state index < -0.39 is 24.3 Å². The number of ketones is 1. The summed E-state index contributed by atoms with van der Waals surface area (Å²) in [5.74, 6) is -1.40. The lowest BCUT2D eigenvalue weighted by molar-refractivity contribution is 0.0473. The van der Waals surface area contributed by atoms with Gasteiger partial charge in [0, 0.05) is 16.8 Å². The van der Waals surface area contributed by atoms with Crippen molar-refractivity contribution in [1.82, 2.24) is 9.97 Å². The number of aromatic amines is 1. The number of esters is 2. The number of aryl methyl sites for hydroxylation is 2. The standard InChI is InChI=1S/C26H28N2O5/c1-4-32-25(30)22-15(2)24(27-16(22)3)21(29)14-33-26(31)23-17-10-6-5-7-12-19(17)28-20-13-9-8-11-18(20)23/h8-9,11,13,27H,4-7,10,12,14H2,1-3H3. The van der Waals surface area contributed by atoms with Crippen LogP contribution in [0.1, 0.15) is 79.9 Å². The summed E-state index contributed by atoms with van der Waals surface area (Å²) in [4.78, 5) is 46.1. The zero-order valence-corrected chi connectivity index (χ0v) is 19.2. The Bertz CT molecular complexity index is 1240. The highest BCUT2D eigenvalue weighted by Crippen LogP contribution is 2.29. The van der Waals surface area contributed by atoms with Gasteiger partial charge in [0.15, 0.2) is 6.61 Å². The number of H-pyrrole nitrogens is 1. The number of ether oxygens (including phenoxy) is 2. The molecule has 3 aromatic rings. The minimum Gasteiger partial charge on any atom is -0.462 e. The minimum absolute atomic E-state index is 0.244. The summed E-state index contributed by atoms with van der Waals surface area (Å²) in [5.41, 5.74) is 4.78. The number of hydrogen-bond donors (Lipinski definition) is 1. The minimum atomic E-state index is -0.522. The van der Waals surface area contributed by atoms with Gasteiger partial charge in [-0.1, -0.05) is 24.6 Å². The number of hydrogen-bond acceptors (Lipinski definition) is 6. The Balaban J connectivity index is 1.60. The van der Waals surface area contributed by atoms with E-state index in [4.69, 9.17) is 14.5 Å². The van der Waals surface area contributed by atoms with Gasteiger partial charge >= 0.3 is 11.9 Å². The number of carbonyl (C=O) groups excluding carboxylic acids is 3. The molecule has 0 saturated heterocycles. The fourth-order valence-electron chi connectivity index (χ4n) is 4.60. The highest BCUT2D eigenvalue weighted by atomic mass is 16.5. The maximum absolute atomic E-state index is 13.2. The number of para-hydroxylation sites is 1. The summed E-state index contributed by atoms with van der Waals surface area (Å²) < 4.78 is 10.6. The number of aromatic nitrogens is 2. The maximum atomic E-state index is 13.2. The van der Waals surface area contributed by atoms with E-state index >= 15 is 0 Å². The zero-order valence-electron chi connectivity index (χ0n) is 19.2. The molecule has 2 heterocycles. The Morgan fingerprint density at radius 2 is 1.70 bits per heavy atom. The molecular formula is C26H28N2O5. The van der Waals surface area contributed by atoms with Gasteiger partial charge in [-0.05, 0) is 63.6 Å². The summed E-state index contributed by atoms with van der Waals surface area (Å²) in [5, 5.41) is 0.743. The first kappa shape index (κ1) is 22.7. The van der Waals surface area contributed by atoms with Crippen molar-refractivity contribution in [2.45, 2.75) is 52.9 Å². The smallest absolute Gasteiger partial charge is 0.340 e. The lowest BCUT2D eigenvalue weighted by Crippen LogP contribution is -2.18. The maximum Gasteiger partial charge on any atom is 0.340 e. The average molecular weight is 449 g/mol. The lowest BCUT2D eigenvalue weighted by Gasteiger charge is -2.14. The molecule has 0 aliphatic heterocycles. The molecule has 1 aliphatic rings. The van der Waals surface area contributed by atoms with Crippen LogP contribution in [-0.2, 0) is 22.3 Å². The molecule has 2 aromatic heterocycles. The Labute approximate surface area is 192 Å². The number of fused-ring (bicyclic) bond motifs is 2. The van der Waals surface area contributed by atoms with Gasteiger partial charge < -0.3 is 14.5 Å². The van der Waals surface area contributed by atoms with Crippen molar-refractivity contribution in [2.24, 2.45) is 0 Å². The van der Waals surface area contributed by atoms with Crippen molar-refractivity contribution in [2.75, 3.05) is 13.2 Å². The fourth-order valence-corrected chi connectivity index (χ4v) is 4.60. The number of carbonyl (C=O) groups is 3. The number of nitrogens with one attached hydrogen (secondary N) is 1. The predicted molar refractivity (Wildman–Crippen MR) is 124 cm³/mol. The van der Waals surface area contributed by atoms with Crippen LogP contribution >= 0.6 is 0 Å². The van der Waals surface area contributed by atoms with E-state index in [1.54, 1.807) is 20.8 Å². The van der Waals surface area contributed by atoms with E-state index in [1.807, 2.05) is 24.3 Å². The van der Waals surface area contributed by atoms with Crippen LogP contribution in [0.3, 0.4) is 0 Å². The van der Waals surface area contributed by atoms with Crippen LogP contribution in [0.15, 0.2) is 24.3 Å². The van der Waals surface area contributed by atoms with Gasteiger partial charge in [0.1, 0.15) is 0 Å². The second kappa shape index (κ2) is 9.57. The molecule has 1 aromatic carbocycles. The van der Waals surface area contributed by atoms with Crippen molar-refractivity contribution in [3.63, 3.8) is 0 Å². The normalized spacial score (nSPS) is 13.3. The molecule has 1 N–H and O–H groups in total. The molecule has 0 radical (unpaired) electrons. The Kier molecular flexibility index (Phi) is 6.58. The van der Waals surface area contributed by atoms with E-state index in [1.165, 1.54) is 0 Å². The van der Waals surface area contributed by atoms with Crippen molar-refractivity contribution < 1.29 is 23.9 Å². The second-order valence-corrected chi connectivity index (χ2v) is 8.33. The van der Waals surface area contributed by atoms with Crippen LogP contribution in [0.25, 0.3) is 10.9 Å². The number of pyridine rings is 1. The van der Waals surface area contributed by atoms with Gasteiger partial charge in [-0.15, -0.1) is 0 Å². The lowest BCUT2D eigenvalue weighted by atomic mass is 9.97. The zero-order chi connectivity index (χ0) is 23.5. The van der Waals surface area contributed by atoms with Crippen molar-refractivity contribution >= 4 is 28.6 Å². The molecule has 0 atom stereocenters. The van der Waals surface area contributed by atoms with Crippen LogP contribution in [-0.4, -0.2) is 40.9 Å². The highest BCUT2D eigenvalue weighted by Gasteiger charge is 2.26. The van der Waals surface area contributed by atoms with Gasteiger partial charge in [0.25, 0.3) is 0 Å². The first-order valence-corrected chi connectivity index (χ1v) is 11.4. The first-order valence-electron chi connectivity index (χ1n) is 11.4. The molecule has 0 bridgehead atoms. The second-order valence-electron chi connectivity index (χ2n) is 8.33. The number of Topliss-reactive ketones (excluding diaryl/α,β-unsaturated/α-hetero) is 1. The van der Waals surface area contributed by atoms with E-state index in [0.29, 0.717) is 22.4 Å². The van der Waals surface area contributed by atoms with E-state index in [9.17, 15) is 14.4 Å². The predicted octanol–water partition coefficient (Wildman–Crippen LogP) is 4.67. The van der Waals surface area contributed by atoms with Crippen LogP contribution < -0.4 is 0 Å². The van der Waals surface area contributed by atoms with Gasteiger partial charge in [-0.2, -0.15) is 0 Å². The third-order valence-electron chi connectivity index (χ3n) is 6.15. The van der Waals surface area contributed by atoms with E-state index in [0.717, 1.165) is 54.3 Å². The number of nitrogens with zero attached hydrogens (tertiary/aromatic N) is 1. The van der Waals surface area contributed by atoms with Gasteiger partial charge in [-0.25, -0.2) is 9.59 Å². The Morgan fingerprint density at radius 1 is 0.970 bits per heavy atom. The van der Waals surface area contributed by atoms with Crippen LogP contribution in [0.2, 0.25) is 0 Å². The summed E-state index contributed by atoms with van der Waals surface area (Å²) in [6, 6.07) is 7.53. The summed E-state index contributed by atoms with van der Waals surface area (Å²) in [6.45, 7) is 4.94. The molecular weight excluding hydrogens is 420 g/mol. The average Bonchev–Trinajstić information content (AvgIpc) is 2.95.